The molecule has 6 heteroatoms. The van der Waals surface area contributed by atoms with Crippen LogP contribution in [0.3, 0.4) is 0 Å². The number of pyridine rings is 1. The number of aromatic nitrogens is 1. The highest BCUT2D eigenvalue weighted by atomic mass is 32.2. The average molecular weight is 333 g/mol. The lowest BCUT2D eigenvalue weighted by Gasteiger charge is -2.16. The maximum atomic E-state index is 12.3. The lowest BCUT2D eigenvalue weighted by atomic mass is 9.87. The van der Waals surface area contributed by atoms with Gasteiger partial charge in [0.1, 0.15) is 5.75 Å². The third-order valence-corrected chi connectivity index (χ3v) is 4.28. The standard InChI is InChI=1S/C17H19NO4S/c1-17(2,3)16(19)12-9-10-18-15(11-12)22-13-5-7-14(8-6-13)23(4,20)21/h5-11H,1-4H3. The van der Waals surface area contributed by atoms with Crippen molar-refractivity contribution >= 4 is 15.6 Å². The molecule has 2 rings (SSSR count). The first-order valence-electron chi connectivity index (χ1n) is 7.06. The number of hydrogen-bond donors (Lipinski definition) is 0. The Morgan fingerprint density at radius 1 is 1.09 bits per heavy atom. The van der Waals surface area contributed by atoms with Gasteiger partial charge in [-0.05, 0) is 30.3 Å². The van der Waals surface area contributed by atoms with Crippen LogP contribution in [0.25, 0.3) is 0 Å². The first-order valence-corrected chi connectivity index (χ1v) is 8.95. The molecule has 2 aromatic rings. The molecule has 0 spiro atoms. The van der Waals surface area contributed by atoms with Crippen LogP contribution < -0.4 is 4.74 Å². The van der Waals surface area contributed by atoms with Crippen LogP contribution in [-0.2, 0) is 9.84 Å². The average Bonchev–Trinajstić information content (AvgIpc) is 2.45. The summed E-state index contributed by atoms with van der Waals surface area (Å²) in [6.07, 6.45) is 2.66. The summed E-state index contributed by atoms with van der Waals surface area (Å²) in [6, 6.07) is 9.27. The molecule has 0 amide bonds. The maximum absolute atomic E-state index is 12.3. The van der Waals surface area contributed by atoms with Crippen molar-refractivity contribution in [2.75, 3.05) is 6.26 Å². The summed E-state index contributed by atoms with van der Waals surface area (Å²) in [6.45, 7) is 5.54. The van der Waals surface area contributed by atoms with E-state index in [4.69, 9.17) is 4.74 Å². The highest BCUT2D eigenvalue weighted by Crippen LogP contribution is 2.25. The van der Waals surface area contributed by atoms with E-state index in [1.807, 2.05) is 20.8 Å². The number of hydrogen-bond acceptors (Lipinski definition) is 5. The van der Waals surface area contributed by atoms with E-state index >= 15 is 0 Å². The van der Waals surface area contributed by atoms with Crippen LogP contribution >= 0.6 is 0 Å². The van der Waals surface area contributed by atoms with Crippen molar-refractivity contribution in [2.45, 2.75) is 25.7 Å². The number of sulfone groups is 1. The van der Waals surface area contributed by atoms with E-state index in [2.05, 4.69) is 4.98 Å². The topological polar surface area (TPSA) is 73.3 Å². The molecule has 122 valence electrons. The quantitative estimate of drug-likeness (QED) is 0.801. The zero-order valence-corrected chi connectivity index (χ0v) is 14.3. The molecule has 1 aromatic heterocycles. The normalized spacial score (nSPS) is 12.0. The van der Waals surface area contributed by atoms with Gasteiger partial charge in [0.2, 0.25) is 5.88 Å². The van der Waals surface area contributed by atoms with Crippen molar-refractivity contribution in [3.05, 3.63) is 48.2 Å². The number of carbonyl (C=O) groups excluding carboxylic acids is 1. The van der Waals surface area contributed by atoms with Crippen molar-refractivity contribution < 1.29 is 17.9 Å². The van der Waals surface area contributed by atoms with E-state index < -0.39 is 15.3 Å². The number of nitrogens with zero attached hydrogens (tertiary/aromatic N) is 1. The molecular formula is C17H19NO4S. The first kappa shape index (κ1) is 17.1. The molecule has 0 radical (unpaired) electrons. The van der Waals surface area contributed by atoms with E-state index in [1.54, 1.807) is 24.3 Å². The zero-order valence-electron chi connectivity index (χ0n) is 13.5. The summed E-state index contributed by atoms with van der Waals surface area (Å²) in [5.41, 5.74) is 0.0331. The Kier molecular flexibility index (Phi) is 4.56. The fourth-order valence-electron chi connectivity index (χ4n) is 1.92. The summed E-state index contributed by atoms with van der Waals surface area (Å²) in [4.78, 5) is 16.6. The molecule has 1 heterocycles. The molecule has 0 unspecified atom stereocenters. The largest absolute Gasteiger partial charge is 0.439 e. The number of Topliss-reactive ketones (excluding diaryl/α,β-unsaturated/α-hetero) is 1. The van der Waals surface area contributed by atoms with Gasteiger partial charge in [0.15, 0.2) is 15.6 Å². The monoisotopic (exact) mass is 333 g/mol. The predicted molar refractivity (Wildman–Crippen MR) is 87.6 cm³/mol. The SMILES string of the molecule is CC(C)(C)C(=O)c1ccnc(Oc2ccc(S(C)(=O)=O)cc2)c1. The summed E-state index contributed by atoms with van der Waals surface area (Å²) >= 11 is 0. The van der Waals surface area contributed by atoms with Gasteiger partial charge in [-0.15, -0.1) is 0 Å². The second kappa shape index (κ2) is 6.12. The second-order valence-corrected chi connectivity index (χ2v) is 8.32. The van der Waals surface area contributed by atoms with Crippen molar-refractivity contribution in [1.82, 2.24) is 4.98 Å². The molecule has 23 heavy (non-hydrogen) atoms. The Morgan fingerprint density at radius 3 is 2.22 bits per heavy atom. The summed E-state index contributed by atoms with van der Waals surface area (Å²) in [5, 5.41) is 0. The van der Waals surface area contributed by atoms with Crippen LogP contribution in [0.5, 0.6) is 11.6 Å². The molecule has 0 atom stereocenters. The third kappa shape index (κ3) is 4.39. The van der Waals surface area contributed by atoms with Gasteiger partial charge in [-0.3, -0.25) is 4.79 Å². The minimum atomic E-state index is -3.24. The number of benzene rings is 1. The predicted octanol–water partition coefficient (Wildman–Crippen LogP) is 3.51. The molecule has 0 aliphatic heterocycles. The van der Waals surface area contributed by atoms with E-state index in [-0.39, 0.29) is 16.6 Å². The Hall–Kier alpha value is -2.21. The molecule has 0 aliphatic rings. The van der Waals surface area contributed by atoms with Gasteiger partial charge in [0, 0.05) is 29.5 Å². The van der Waals surface area contributed by atoms with Crippen LogP contribution in [0.2, 0.25) is 0 Å². The van der Waals surface area contributed by atoms with Crippen LogP contribution in [0, 0.1) is 5.41 Å². The fourth-order valence-corrected chi connectivity index (χ4v) is 2.55. The van der Waals surface area contributed by atoms with Crippen molar-refractivity contribution in [3.8, 4) is 11.6 Å². The molecule has 0 N–H and O–H groups in total. The van der Waals surface area contributed by atoms with Gasteiger partial charge < -0.3 is 4.74 Å². The highest BCUT2D eigenvalue weighted by molar-refractivity contribution is 7.90. The third-order valence-electron chi connectivity index (χ3n) is 3.15. The van der Waals surface area contributed by atoms with Gasteiger partial charge in [-0.1, -0.05) is 20.8 Å². The number of carbonyl (C=O) groups is 1. The Bertz CT molecular complexity index is 818. The maximum Gasteiger partial charge on any atom is 0.219 e. The number of ketones is 1. The van der Waals surface area contributed by atoms with E-state index in [0.717, 1.165) is 6.26 Å². The van der Waals surface area contributed by atoms with Gasteiger partial charge in [0.05, 0.1) is 4.90 Å². The summed E-state index contributed by atoms with van der Waals surface area (Å²) in [7, 11) is -3.24. The smallest absolute Gasteiger partial charge is 0.219 e. The van der Waals surface area contributed by atoms with E-state index in [0.29, 0.717) is 11.3 Å². The van der Waals surface area contributed by atoms with E-state index in [1.165, 1.54) is 18.3 Å². The molecule has 0 aliphatic carbocycles. The van der Waals surface area contributed by atoms with Gasteiger partial charge in [-0.25, -0.2) is 13.4 Å². The fraction of sp³-hybridized carbons (Fsp3) is 0.294. The molecule has 1 aromatic carbocycles. The minimum Gasteiger partial charge on any atom is -0.439 e. The molecule has 0 fully saturated rings. The van der Waals surface area contributed by atoms with Crippen molar-refractivity contribution in [3.63, 3.8) is 0 Å². The van der Waals surface area contributed by atoms with E-state index in [9.17, 15) is 13.2 Å². The van der Waals surface area contributed by atoms with Gasteiger partial charge in [0.25, 0.3) is 0 Å². The van der Waals surface area contributed by atoms with Gasteiger partial charge >= 0.3 is 0 Å². The Balaban J connectivity index is 2.23. The highest BCUT2D eigenvalue weighted by Gasteiger charge is 2.23. The van der Waals surface area contributed by atoms with Crippen LogP contribution in [0.4, 0.5) is 0 Å². The lowest BCUT2D eigenvalue weighted by Crippen LogP contribution is -2.20. The minimum absolute atomic E-state index is 0.00262. The Labute approximate surface area is 136 Å². The molecular weight excluding hydrogens is 314 g/mol. The van der Waals surface area contributed by atoms with Crippen molar-refractivity contribution in [2.24, 2.45) is 5.41 Å². The van der Waals surface area contributed by atoms with Gasteiger partial charge in [-0.2, -0.15) is 0 Å². The Morgan fingerprint density at radius 2 is 1.70 bits per heavy atom. The second-order valence-electron chi connectivity index (χ2n) is 6.31. The molecule has 5 nitrogen and oxygen atoms in total. The molecule has 0 bridgehead atoms. The van der Waals surface area contributed by atoms with Crippen LogP contribution in [-0.4, -0.2) is 25.4 Å². The first-order chi connectivity index (χ1) is 10.6. The van der Waals surface area contributed by atoms with Crippen molar-refractivity contribution in [1.29, 1.82) is 0 Å². The number of ether oxygens (including phenoxy) is 1. The number of rotatable bonds is 4. The molecule has 0 saturated heterocycles. The zero-order chi connectivity index (χ0) is 17.3. The van der Waals surface area contributed by atoms with Crippen LogP contribution in [0.1, 0.15) is 31.1 Å². The molecule has 0 saturated carbocycles. The summed E-state index contributed by atoms with van der Waals surface area (Å²) in [5.74, 6) is 0.731. The summed E-state index contributed by atoms with van der Waals surface area (Å²) < 4.78 is 28.4. The lowest BCUT2D eigenvalue weighted by molar-refractivity contribution is 0.0858. The van der Waals surface area contributed by atoms with Crippen LogP contribution in [0.15, 0.2) is 47.5 Å².